The molecule has 2 rings (SSSR count). The number of nitrogens with zero attached hydrogens (tertiary/aromatic N) is 1. The highest BCUT2D eigenvalue weighted by molar-refractivity contribution is 7.09. The van der Waals surface area contributed by atoms with Gasteiger partial charge in [-0.05, 0) is 49.3 Å². The van der Waals surface area contributed by atoms with Crippen LogP contribution in [0.15, 0.2) is 22.6 Å². The van der Waals surface area contributed by atoms with Crippen molar-refractivity contribution in [3.05, 3.63) is 33.3 Å². The fourth-order valence-electron chi connectivity index (χ4n) is 4.56. The summed E-state index contributed by atoms with van der Waals surface area (Å²) in [5, 5.41) is 32.4. The Morgan fingerprint density at radius 3 is 2.60 bits per heavy atom. The van der Waals surface area contributed by atoms with E-state index in [1.165, 1.54) is 11.3 Å². The van der Waals surface area contributed by atoms with Crippen LogP contribution in [0.5, 0.6) is 0 Å². The monoisotopic (exact) mass is 507 g/mol. The molecule has 4 atom stereocenters. The van der Waals surface area contributed by atoms with Crippen molar-refractivity contribution in [1.82, 2.24) is 4.98 Å². The third-order valence-corrected chi connectivity index (χ3v) is 7.76. The van der Waals surface area contributed by atoms with Crippen LogP contribution < -0.4 is 0 Å². The number of ketones is 1. The topological polar surface area (TPSA) is 117 Å². The van der Waals surface area contributed by atoms with E-state index in [4.69, 9.17) is 4.74 Å². The van der Waals surface area contributed by atoms with Crippen LogP contribution in [-0.4, -0.2) is 50.9 Å². The molecule has 0 aromatic carbocycles. The second kappa shape index (κ2) is 13.4. The Morgan fingerprint density at radius 2 is 1.97 bits per heavy atom. The first-order valence-electron chi connectivity index (χ1n) is 12.4. The van der Waals surface area contributed by atoms with Crippen LogP contribution in [0.25, 0.3) is 6.08 Å². The van der Waals surface area contributed by atoms with Gasteiger partial charge in [0, 0.05) is 17.7 Å². The molecule has 3 N–H and O–H groups in total. The van der Waals surface area contributed by atoms with Gasteiger partial charge in [-0.25, -0.2) is 4.98 Å². The summed E-state index contributed by atoms with van der Waals surface area (Å²) in [5.74, 6) is -0.535. The Kier molecular flexibility index (Phi) is 11.3. The molecule has 35 heavy (non-hydrogen) atoms. The van der Waals surface area contributed by atoms with Crippen LogP contribution >= 0.6 is 11.3 Å². The summed E-state index contributed by atoms with van der Waals surface area (Å²) in [5.41, 5.74) is 1.25. The average Bonchev–Trinajstić information content (AvgIpc) is 3.26. The quantitative estimate of drug-likeness (QED) is 0.407. The molecule has 8 heteroatoms. The zero-order valence-electron chi connectivity index (χ0n) is 21.6. The molecular formula is C27H41NO6S. The molecule has 0 saturated heterocycles. The molecule has 0 amide bonds. The molecule has 2 heterocycles. The van der Waals surface area contributed by atoms with Gasteiger partial charge in [-0.15, -0.1) is 11.3 Å². The molecule has 1 aliphatic heterocycles. The predicted molar refractivity (Wildman–Crippen MR) is 138 cm³/mol. The Balaban J connectivity index is 2.33. The second-order valence-corrected chi connectivity index (χ2v) is 11.3. The molecule has 0 radical (unpaired) electrons. The van der Waals surface area contributed by atoms with Crippen LogP contribution in [0.4, 0.5) is 0 Å². The first kappa shape index (κ1) is 29.4. The number of thiazole rings is 1. The van der Waals surface area contributed by atoms with Crippen molar-refractivity contribution in [2.24, 2.45) is 17.3 Å². The van der Waals surface area contributed by atoms with Crippen molar-refractivity contribution in [3.63, 3.8) is 0 Å². The number of Topliss-reactive ketones (excluding diaryl/α,β-unsaturated/α-hetero) is 1. The molecule has 0 aliphatic carbocycles. The first-order valence-corrected chi connectivity index (χ1v) is 13.3. The van der Waals surface area contributed by atoms with Crippen LogP contribution in [0, 0.1) is 17.3 Å². The third-order valence-electron chi connectivity index (χ3n) is 6.91. The minimum Gasteiger partial charge on any atom is -0.457 e. The first-order chi connectivity index (χ1) is 16.5. The molecule has 0 fully saturated rings. The summed E-state index contributed by atoms with van der Waals surface area (Å²) in [4.78, 5) is 30.3. The van der Waals surface area contributed by atoms with E-state index in [0.717, 1.165) is 36.8 Å². The van der Waals surface area contributed by atoms with Crippen LogP contribution in [0.3, 0.4) is 0 Å². The lowest BCUT2D eigenvalue weighted by atomic mass is 9.74. The zero-order chi connectivity index (χ0) is 26.2. The number of carbonyl (C=O) groups excluding carboxylic acids is 2. The summed E-state index contributed by atoms with van der Waals surface area (Å²) in [7, 11) is 0. The van der Waals surface area contributed by atoms with Crippen LogP contribution in [0.1, 0.15) is 83.8 Å². The molecule has 1 aromatic heterocycles. The minimum absolute atomic E-state index is 0.0523. The maximum Gasteiger partial charge on any atom is 0.309 e. The molecule has 0 bridgehead atoms. The van der Waals surface area contributed by atoms with Gasteiger partial charge >= 0.3 is 5.97 Å². The van der Waals surface area contributed by atoms with Gasteiger partial charge in [-0.1, -0.05) is 40.2 Å². The van der Waals surface area contributed by atoms with Crippen molar-refractivity contribution in [3.8, 4) is 0 Å². The van der Waals surface area contributed by atoms with Gasteiger partial charge in [0.25, 0.3) is 0 Å². The summed E-state index contributed by atoms with van der Waals surface area (Å²) >= 11 is 1.35. The molecule has 1 aliphatic rings. The summed E-state index contributed by atoms with van der Waals surface area (Å²) in [6, 6.07) is 0. The Hall–Kier alpha value is -1.87. The number of cyclic esters (lactones) is 1. The van der Waals surface area contributed by atoms with Gasteiger partial charge in [0.1, 0.15) is 16.9 Å². The molecule has 7 nitrogen and oxygen atoms in total. The van der Waals surface area contributed by atoms with Crippen molar-refractivity contribution in [1.29, 1.82) is 0 Å². The van der Waals surface area contributed by atoms with E-state index in [0.29, 0.717) is 23.0 Å². The van der Waals surface area contributed by atoms with Gasteiger partial charge in [-0.2, -0.15) is 0 Å². The number of aliphatic hydroxyl groups excluding tert-OH is 3. The standard InChI is InChI=1S/C27H41NO6S/c1-17-7-6-8-20(14-29)9-10-22(18(2)12-21-16-35-24(15-30)28-21)34-25(32)13-23(31)27(4,5)26(33)19(3)11-17/h9,12,16-17,19,22-23,29-31H,6-8,10-11,13-15H2,1-5H3/b18-12+,20-9+/t17-,19+,22-,23-/m0/s1. The number of hydrogen-bond donors (Lipinski definition) is 3. The Labute approximate surface area is 212 Å². The summed E-state index contributed by atoms with van der Waals surface area (Å²) < 4.78 is 5.78. The van der Waals surface area contributed by atoms with Gasteiger partial charge in [-0.3, -0.25) is 9.59 Å². The Morgan fingerprint density at radius 1 is 1.26 bits per heavy atom. The zero-order valence-corrected chi connectivity index (χ0v) is 22.4. The number of rotatable bonds is 4. The lowest BCUT2D eigenvalue weighted by Crippen LogP contribution is -2.42. The Bertz CT molecular complexity index is 919. The third kappa shape index (κ3) is 8.63. The number of esters is 1. The molecular weight excluding hydrogens is 466 g/mol. The average molecular weight is 508 g/mol. The largest absolute Gasteiger partial charge is 0.457 e. The SMILES string of the molecule is C/C(=C\c1csc(CO)n1)[C@@H]1C/C=C(/CO)CCC[C@H](C)C[C@@H](C)C(=O)C(C)(C)[C@@H](O)CC(=O)O1. The number of ether oxygens (including phenoxy) is 1. The van der Waals surface area contributed by atoms with E-state index in [9.17, 15) is 24.9 Å². The summed E-state index contributed by atoms with van der Waals surface area (Å²) in [6.07, 6.45) is 5.35. The van der Waals surface area contributed by atoms with Gasteiger partial charge in [0.15, 0.2) is 0 Å². The van der Waals surface area contributed by atoms with Crippen LogP contribution in [0.2, 0.25) is 0 Å². The molecule has 0 unspecified atom stereocenters. The number of aromatic nitrogens is 1. The highest BCUT2D eigenvalue weighted by atomic mass is 32.1. The van der Waals surface area contributed by atoms with E-state index in [2.05, 4.69) is 11.9 Å². The van der Waals surface area contributed by atoms with E-state index >= 15 is 0 Å². The normalized spacial score (nSPS) is 29.4. The summed E-state index contributed by atoms with van der Waals surface area (Å²) in [6.45, 7) is 9.04. The molecule has 0 saturated carbocycles. The van der Waals surface area contributed by atoms with Crippen molar-refractivity contribution in [2.45, 2.75) is 92.0 Å². The van der Waals surface area contributed by atoms with Crippen LogP contribution in [-0.2, 0) is 20.9 Å². The predicted octanol–water partition coefficient (Wildman–Crippen LogP) is 4.45. The number of aliphatic hydroxyl groups is 3. The number of hydrogen-bond acceptors (Lipinski definition) is 8. The van der Waals surface area contributed by atoms with Crippen molar-refractivity contribution < 1.29 is 29.6 Å². The highest BCUT2D eigenvalue weighted by Crippen LogP contribution is 2.32. The highest BCUT2D eigenvalue weighted by Gasteiger charge is 2.39. The lowest BCUT2D eigenvalue weighted by molar-refractivity contribution is -0.153. The fourth-order valence-corrected chi connectivity index (χ4v) is 5.17. The van der Waals surface area contributed by atoms with E-state index in [1.54, 1.807) is 13.8 Å². The van der Waals surface area contributed by atoms with Gasteiger partial charge in [0.2, 0.25) is 0 Å². The second-order valence-electron chi connectivity index (χ2n) is 10.4. The van der Waals surface area contributed by atoms with Gasteiger partial charge in [0.05, 0.1) is 36.8 Å². The van der Waals surface area contributed by atoms with E-state index < -0.39 is 23.6 Å². The van der Waals surface area contributed by atoms with Crippen molar-refractivity contribution in [2.75, 3.05) is 6.61 Å². The minimum atomic E-state index is -1.16. The molecule has 1 aromatic rings. The number of carbonyl (C=O) groups is 2. The molecule has 196 valence electrons. The fraction of sp³-hybridized carbons (Fsp3) is 0.667. The maximum absolute atomic E-state index is 13.1. The van der Waals surface area contributed by atoms with E-state index in [-0.39, 0.29) is 31.3 Å². The lowest BCUT2D eigenvalue weighted by Gasteiger charge is -2.32. The molecule has 0 spiro atoms. The van der Waals surface area contributed by atoms with Crippen molar-refractivity contribution >= 4 is 29.2 Å². The maximum atomic E-state index is 13.1. The van der Waals surface area contributed by atoms with Gasteiger partial charge < -0.3 is 20.1 Å². The van der Waals surface area contributed by atoms with E-state index in [1.807, 2.05) is 31.4 Å². The smallest absolute Gasteiger partial charge is 0.309 e.